The van der Waals surface area contributed by atoms with E-state index in [2.05, 4.69) is 18.8 Å². The fourth-order valence-corrected chi connectivity index (χ4v) is 2.08. The van der Waals surface area contributed by atoms with Gasteiger partial charge in [0, 0.05) is 20.6 Å². The Morgan fingerprint density at radius 3 is 2.42 bits per heavy atom. The Labute approximate surface area is 110 Å². The van der Waals surface area contributed by atoms with Crippen LogP contribution in [-0.4, -0.2) is 18.7 Å². The summed E-state index contributed by atoms with van der Waals surface area (Å²) < 4.78 is 4.12. The Balaban J connectivity index is 2.76. The summed E-state index contributed by atoms with van der Waals surface area (Å²) in [5.41, 5.74) is 5.85. The van der Waals surface area contributed by atoms with Crippen molar-refractivity contribution in [3.8, 4) is 0 Å². The van der Waals surface area contributed by atoms with Gasteiger partial charge in [-0.3, -0.25) is 13.9 Å². The molecule has 7 heteroatoms. The maximum absolute atomic E-state index is 12.2. The van der Waals surface area contributed by atoms with Gasteiger partial charge in [0.25, 0.3) is 5.56 Å². The average molecular weight is 265 g/mol. The van der Waals surface area contributed by atoms with E-state index >= 15 is 0 Å². The lowest BCUT2D eigenvalue weighted by Crippen LogP contribution is -2.37. The van der Waals surface area contributed by atoms with Gasteiger partial charge in [0.1, 0.15) is 0 Å². The van der Waals surface area contributed by atoms with Gasteiger partial charge in [-0.2, -0.15) is 4.98 Å². The lowest BCUT2D eigenvalue weighted by atomic mass is 10.1. The molecule has 0 atom stereocenters. The largest absolute Gasteiger partial charge is 0.369 e. The predicted octanol–water partition coefficient (Wildman–Crippen LogP) is 0.0620. The molecule has 2 heterocycles. The second-order valence-electron chi connectivity index (χ2n) is 5.18. The van der Waals surface area contributed by atoms with Crippen molar-refractivity contribution in [2.75, 3.05) is 5.73 Å². The van der Waals surface area contributed by atoms with E-state index in [-0.39, 0.29) is 11.5 Å². The number of aryl methyl sites for hydroxylation is 2. The zero-order valence-corrected chi connectivity index (χ0v) is 11.7. The molecule has 2 N–H and O–H groups in total. The molecule has 0 saturated carbocycles. The Morgan fingerprint density at radius 2 is 1.84 bits per heavy atom. The minimum atomic E-state index is -0.397. The summed E-state index contributed by atoms with van der Waals surface area (Å²) in [6, 6.07) is 0. The molecule has 0 unspecified atom stereocenters. The van der Waals surface area contributed by atoms with Crippen LogP contribution >= 0.6 is 0 Å². The van der Waals surface area contributed by atoms with Gasteiger partial charge in [0.2, 0.25) is 5.95 Å². The third-order valence-corrected chi connectivity index (χ3v) is 3.31. The van der Waals surface area contributed by atoms with E-state index in [9.17, 15) is 9.59 Å². The molecular weight excluding hydrogens is 246 g/mol. The quantitative estimate of drug-likeness (QED) is 0.850. The number of hydrogen-bond acceptors (Lipinski definition) is 4. The molecule has 0 bridgehead atoms. The minimum absolute atomic E-state index is 0.272. The Hall–Kier alpha value is -2.05. The number of nitrogens with zero attached hydrogens (tertiary/aromatic N) is 4. The van der Waals surface area contributed by atoms with Gasteiger partial charge in [0.05, 0.1) is 0 Å². The van der Waals surface area contributed by atoms with Crippen molar-refractivity contribution in [2.45, 2.75) is 26.8 Å². The van der Waals surface area contributed by atoms with Gasteiger partial charge in [-0.05, 0) is 12.3 Å². The first kappa shape index (κ1) is 13.4. The number of aromatic nitrogens is 4. The van der Waals surface area contributed by atoms with E-state index in [1.165, 1.54) is 11.6 Å². The van der Waals surface area contributed by atoms with Crippen LogP contribution in [0.5, 0.6) is 0 Å². The van der Waals surface area contributed by atoms with Crippen molar-refractivity contribution >= 4 is 17.1 Å². The number of hydrogen-bond donors (Lipinski definition) is 1. The first-order valence-corrected chi connectivity index (χ1v) is 6.26. The highest BCUT2D eigenvalue weighted by Crippen LogP contribution is 2.14. The molecule has 0 amide bonds. The zero-order chi connectivity index (χ0) is 14.3. The van der Waals surface area contributed by atoms with Crippen LogP contribution in [0.1, 0.15) is 20.3 Å². The van der Waals surface area contributed by atoms with Crippen LogP contribution in [0.3, 0.4) is 0 Å². The van der Waals surface area contributed by atoms with Crippen LogP contribution in [0.2, 0.25) is 0 Å². The average Bonchev–Trinajstić information content (AvgIpc) is 2.68. The van der Waals surface area contributed by atoms with Gasteiger partial charge >= 0.3 is 5.69 Å². The fourth-order valence-electron chi connectivity index (χ4n) is 2.08. The first-order valence-electron chi connectivity index (χ1n) is 6.26. The highest BCUT2D eigenvalue weighted by molar-refractivity contribution is 5.73. The number of fused-ring (bicyclic) bond motifs is 1. The lowest BCUT2D eigenvalue weighted by Gasteiger charge is -2.09. The van der Waals surface area contributed by atoms with E-state index in [1.54, 1.807) is 11.6 Å². The van der Waals surface area contributed by atoms with Gasteiger partial charge < -0.3 is 10.3 Å². The third kappa shape index (κ3) is 2.05. The molecule has 7 nitrogen and oxygen atoms in total. The molecule has 19 heavy (non-hydrogen) atoms. The Morgan fingerprint density at radius 1 is 1.21 bits per heavy atom. The summed E-state index contributed by atoms with van der Waals surface area (Å²) in [5, 5.41) is 0. The van der Waals surface area contributed by atoms with Crippen molar-refractivity contribution in [1.29, 1.82) is 0 Å². The number of nitrogen functional groups attached to an aromatic ring is 1. The maximum atomic E-state index is 12.2. The highest BCUT2D eigenvalue weighted by Gasteiger charge is 2.17. The van der Waals surface area contributed by atoms with Gasteiger partial charge in [0.15, 0.2) is 11.2 Å². The smallest absolute Gasteiger partial charge is 0.332 e. The summed E-state index contributed by atoms with van der Waals surface area (Å²) >= 11 is 0. The van der Waals surface area contributed by atoms with Crippen LogP contribution < -0.4 is 17.0 Å². The molecule has 0 fully saturated rings. The summed E-state index contributed by atoms with van der Waals surface area (Å²) in [5.74, 6) is 0.766. The van der Waals surface area contributed by atoms with Crippen molar-refractivity contribution in [3.05, 3.63) is 20.8 Å². The molecule has 0 aliphatic heterocycles. The molecule has 0 spiro atoms. The normalized spacial score (nSPS) is 11.6. The molecular formula is C12H19N5O2. The standard InChI is InChI=1S/C12H19N5O2/c1-7(2)5-6-17-8-9(14-11(17)13)15(3)12(19)16(4)10(8)18/h7H,5-6H2,1-4H3,(H2,13,14). The highest BCUT2D eigenvalue weighted by atomic mass is 16.2. The van der Waals surface area contributed by atoms with Gasteiger partial charge in [-0.25, -0.2) is 4.79 Å². The van der Waals surface area contributed by atoms with E-state index < -0.39 is 5.69 Å². The van der Waals surface area contributed by atoms with E-state index in [0.29, 0.717) is 23.6 Å². The van der Waals surface area contributed by atoms with Crippen molar-refractivity contribution in [2.24, 2.45) is 20.0 Å². The summed E-state index contributed by atoms with van der Waals surface area (Å²) in [4.78, 5) is 28.2. The summed E-state index contributed by atoms with van der Waals surface area (Å²) in [7, 11) is 3.05. The molecule has 0 aliphatic rings. The van der Waals surface area contributed by atoms with Crippen LogP contribution in [-0.2, 0) is 20.6 Å². The molecule has 2 rings (SSSR count). The zero-order valence-electron chi connectivity index (χ0n) is 11.7. The topological polar surface area (TPSA) is 87.8 Å². The summed E-state index contributed by atoms with van der Waals surface area (Å²) in [6.45, 7) is 4.82. The first-order chi connectivity index (χ1) is 8.84. The molecule has 2 aromatic rings. The Bertz CT molecular complexity index is 735. The van der Waals surface area contributed by atoms with E-state index in [0.717, 1.165) is 11.0 Å². The Kier molecular flexibility index (Phi) is 3.21. The van der Waals surface area contributed by atoms with Gasteiger partial charge in [-0.1, -0.05) is 13.8 Å². The third-order valence-electron chi connectivity index (χ3n) is 3.31. The molecule has 0 radical (unpaired) electrons. The molecule has 2 aromatic heterocycles. The molecule has 0 saturated heterocycles. The van der Waals surface area contributed by atoms with Crippen LogP contribution in [0.4, 0.5) is 5.95 Å². The second-order valence-corrected chi connectivity index (χ2v) is 5.18. The van der Waals surface area contributed by atoms with Crippen molar-refractivity contribution < 1.29 is 0 Å². The van der Waals surface area contributed by atoms with Gasteiger partial charge in [-0.15, -0.1) is 0 Å². The predicted molar refractivity (Wildman–Crippen MR) is 74.1 cm³/mol. The number of anilines is 1. The van der Waals surface area contributed by atoms with E-state index in [4.69, 9.17) is 5.73 Å². The lowest BCUT2D eigenvalue weighted by molar-refractivity contribution is 0.524. The second kappa shape index (κ2) is 4.56. The monoisotopic (exact) mass is 265 g/mol. The summed E-state index contributed by atoms with van der Waals surface area (Å²) in [6.07, 6.45) is 0.891. The minimum Gasteiger partial charge on any atom is -0.369 e. The van der Waals surface area contributed by atoms with Crippen molar-refractivity contribution in [1.82, 2.24) is 18.7 Å². The maximum Gasteiger partial charge on any atom is 0.332 e. The molecule has 0 aliphatic carbocycles. The number of rotatable bonds is 3. The SMILES string of the molecule is CC(C)CCn1c(N)nc2c1c(=O)n(C)c(=O)n2C. The van der Waals surface area contributed by atoms with Crippen LogP contribution in [0.15, 0.2) is 9.59 Å². The number of imidazole rings is 1. The van der Waals surface area contributed by atoms with E-state index in [1.807, 2.05) is 0 Å². The van der Waals surface area contributed by atoms with Crippen LogP contribution in [0, 0.1) is 5.92 Å². The number of nitrogens with two attached hydrogens (primary N) is 1. The molecule has 0 aromatic carbocycles. The fraction of sp³-hybridized carbons (Fsp3) is 0.583. The van der Waals surface area contributed by atoms with Crippen molar-refractivity contribution in [3.63, 3.8) is 0 Å². The molecule has 104 valence electrons. The van der Waals surface area contributed by atoms with Crippen LogP contribution in [0.25, 0.3) is 11.2 Å².